The lowest BCUT2D eigenvalue weighted by atomic mass is 10.3. The van der Waals surface area contributed by atoms with Crippen LogP contribution < -0.4 is 10.1 Å². The molecule has 1 N–H and O–H groups in total. The molecule has 4 nitrogen and oxygen atoms in total. The Hall–Kier alpha value is -1.33. The predicted molar refractivity (Wildman–Crippen MR) is 80.4 cm³/mol. The van der Waals surface area contributed by atoms with Gasteiger partial charge in [-0.2, -0.15) is 0 Å². The van der Waals surface area contributed by atoms with Gasteiger partial charge < -0.3 is 14.8 Å². The van der Waals surface area contributed by atoms with Crippen LogP contribution in [0.2, 0.25) is 0 Å². The molecule has 1 heterocycles. The minimum absolute atomic E-state index is 0.682. The minimum Gasteiger partial charge on any atom is -0.494 e. The van der Waals surface area contributed by atoms with Gasteiger partial charge in [0.15, 0.2) is 5.13 Å². The maximum atomic E-state index is 5.70. The van der Waals surface area contributed by atoms with Gasteiger partial charge in [-0.15, -0.1) is 0 Å². The Morgan fingerprint density at radius 2 is 2.21 bits per heavy atom. The highest BCUT2D eigenvalue weighted by Gasteiger charge is 2.04. The molecule has 0 saturated carbocycles. The van der Waals surface area contributed by atoms with E-state index in [1.165, 1.54) is 0 Å². The molecule has 19 heavy (non-hydrogen) atoms. The fourth-order valence-electron chi connectivity index (χ4n) is 1.66. The van der Waals surface area contributed by atoms with Gasteiger partial charge in [0, 0.05) is 13.7 Å². The van der Waals surface area contributed by atoms with Gasteiger partial charge >= 0.3 is 0 Å². The van der Waals surface area contributed by atoms with E-state index in [2.05, 4.69) is 23.3 Å². The Kier molecular flexibility index (Phi) is 5.42. The lowest BCUT2D eigenvalue weighted by molar-refractivity contribution is 0.211. The minimum atomic E-state index is 0.682. The second-order valence-electron chi connectivity index (χ2n) is 4.27. The molecule has 1 aromatic heterocycles. The topological polar surface area (TPSA) is 43.4 Å². The van der Waals surface area contributed by atoms with Crippen LogP contribution in [0.1, 0.15) is 19.8 Å². The first-order chi connectivity index (χ1) is 9.33. The van der Waals surface area contributed by atoms with Gasteiger partial charge in [0.25, 0.3) is 0 Å². The number of nitrogens with zero attached hydrogens (tertiary/aromatic N) is 1. The van der Waals surface area contributed by atoms with Crippen LogP contribution in [0.25, 0.3) is 10.2 Å². The van der Waals surface area contributed by atoms with Crippen molar-refractivity contribution in [3.05, 3.63) is 18.2 Å². The molecule has 2 rings (SSSR count). The molecule has 1 aromatic carbocycles. The zero-order valence-corrected chi connectivity index (χ0v) is 12.3. The normalized spacial score (nSPS) is 10.8. The van der Waals surface area contributed by atoms with E-state index >= 15 is 0 Å². The molecule has 0 amide bonds. The third kappa shape index (κ3) is 4.08. The Morgan fingerprint density at radius 1 is 1.32 bits per heavy atom. The summed E-state index contributed by atoms with van der Waals surface area (Å²) in [6.07, 6.45) is 2.24. The van der Waals surface area contributed by atoms with Crippen molar-refractivity contribution in [2.75, 3.05) is 32.2 Å². The zero-order valence-electron chi connectivity index (χ0n) is 11.4. The molecule has 0 atom stereocenters. The third-order valence-corrected chi connectivity index (χ3v) is 3.68. The van der Waals surface area contributed by atoms with Gasteiger partial charge in [-0.05, 0) is 24.6 Å². The molecule has 104 valence electrons. The van der Waals surface area contributed by atoms with Gasteiger partial charge in [0.1, 0.15) is 5.75 Å². The maximum Gasteiger partial charge on any atom is 0.183 e. The molecule has 0 aliphatic heterocycles. The summed E-state index contributed by atoms with van der Waals surface area (Å²) in [6, 6.07) is 6.05. The smallest absolute Gasteiger partial charge is 0.183 e. The molecule has 0 spiro atoms. The monoisotopic (exact) mass is 280 g/mol. The van der Waals surface area contributed by atoms with E-state index < -0.39 is 0 Å². The number of benzene rings is 1. The number of fused-ring (bicyclic) bond motifs is 1. The summed E-state index contributed by atoms with van der Waals surface area (Å²) in [4.78, 5) is 4.52. The van der Waals surface area contributed by atoms with Crippen LogP contribution in [0.15, 0.2) is 18.2 Å². The first-order valence-corrected chi connectivity index (χ1v) is 7.41. The van der Waals surface area contributed by atoms with Crippen molar-refractivity contribution >= 4 is 26.7 Å². The molecular formula is C14H20N2O2S. The summed E-state index contributed by atoms with van der Waals surface area (Å²) in [5.74, 6) is 0.924. The molecule has 0 bridgehead atoms. The van der Waals surface area contributed by atoms with Gasteiger partial charge in [-0.3, -0.25) is 0 Å². The molecule has 2 aromatic rings. The molecule has 0 aliphatic rings. The molecule has 0 radical (unpaired) electrons. The average Bonchev–Trinajstić information content (AvgIpc) is 2.81. The van der Waals surface area contributed by atoms with Crippen LogP contribution in [0.4, 0.5) is 5.13 Å². The van der Waals surface area contributed by atoms with Crippen molar-refractivity contribution < 1.29 is 9.47 Å². The fraction of sp³-hybridized carbons (Fsp3) is 0.500. The van der Waals surface area contributed by atoms with Gasteiger partial charge in [-0.1, -0.05) is 24.7 Å². The van der Waals surface area contributed by atoms with Crippen molar-refractivity contribution in [2.24, 2.45) is 0 Å². The molecular weight excluding hydrogens is 260 g/mol. The Balaban J connectivity index is 2.01. The Morgan fingerprint density at radius 3 is 3.00 bits per heavy atom. The van der Waals surface area contributed by atoms with Crippen LogP contribution >= 0.6 is 11.3 Å². The van der Waals surface area contributed by atoms with E-state index in [1.54, 1.807) is 18.4 Å². The fourth-order valence-corrected chi connectivity index (χ4v) is 2.58. The van der Waals surface area contributed by atoms with Gasteiger partial charge in [0.2, 0.25) is 0 Å². The van der Waals surface area contributed by atoms with Crippen LogP contribution in [0.5, 0.6) is 5.75 Å². The van der Waals surface area contributed by atoms with Crippen LogP contribution in [0, 0.1) is 0 Å². The summed E-state index contributed by atoms with van der Waals surface area (Å²) in [5.41, 5.74) is 1.01. The van der Waals surface area contributed by atoms with Crippen LogP contribution in [0.3, 0.4) is 0 Å². The van der Waals surface area contributed by atoms with Crippen molar-refractivity contribution in [2.45, 2.75) is 19.8 Å². The largest absolute Gasteiger partial charge is 0.494 e. The number of anilines is 1. The van der Waals surface area contributed by atoms with E-state index in [0.717, 1.165) is 47.1 Å². The summed E-state index contributed by atoms with van der Waals surface area (Å²) >= 11 is 1.64. The van der Waals surface area contributed by atoms with Crippen LogP contribution in [-0.4, -0.2) is 31.9 Å². The van der Waals surface area contributed by atoms with E-state index in [0.29, 0.717) is 6.61 Å². The molecule has 5 heteroatoms. The van der Waals surface area contributed by atoms with E-state index in [4.69, 9.17) is 9.47 Å². The van der Waals surface area contributed by atoms with Crippen molar-refractivity contribution in [3.8, 4) is 5.75 Å². The standard InChI is InChI=1S/C14H20N2O2S/c1-3-4-8-18-11-5-6-12-13(10-11)19-14(16-12)15-7-9-17-2/h5-6,10H,3-4,7-9H2,1-2H3,(H,15,16). The number of methoxy groups -OCH3 is 1. The number of aromatic nitrogens is 1. The lowest BCUT2D eigenvalue weighted by Crippen LogP contribution is -2.06. The summed E-state index contributed by atoms with van der Waals surface area (Å²) in [5, 5.41) is 4.18. The SMILES string of the molecule is CCCCOc1ccc2nc(NCCOC)sc2c1. The van der Waals surface area contributed by atoms with Crippen molar-refractivity contribution in [1.82, 2.24) is 4.98 Å². The molecule has 0 saturated heterocycles. The number of hydrogen-bond donors (Lipinski definition) is 1. The summed E-state index contributed by atoms with van der Waals surface area (Å²) in [6.45, 7) is 4.39. The van der Waals surface area contributed by atoms with Crippen molar-refractivity contribution in [1.29, 1.82) is 0 Å². The van der Waals surface area contributed by atoms with Gasteiger partial charge in [-0.25, -0.2) is 4.98 Å². The maximum absolute atomic E-state index is 5.70. The zero-order chi connectivity index (χ0) is 13.5. The molecule has 0 fully saturated rings. The number of nitrogens with one attached hydrogen (secondary N) is 1. The first kappa shape index (κ1) is 14.1. The number of rotatable bonds is 8. The van der Waals surface area contributed by atoms with E-state index in [-0.39, 0.29) is 0 Å². The van der Waals surface area contributed by atoms with Crippen molar-refractivity contribution in [3.63, 3.8) is 0 Å². The van der Waals surface area contributed by atoms with E-state index in [1.807, 2.05) is 12.1 Å². The van der Waals surface area contributed by atoms with E-state index in [9.17, 15) is 0 Å². The molecule has 0 aliphatic carbocycles. The second kappa shape index (κ2) is 7.31. The number of thiazole rings is 1. The lowest BCUT2D eigenvalue weighted by Gasteiger charge is -2.04. The quantitative estimate of drug-likeness (QED) is 0.751. The van der Waals surface area contributed by atoms with Crippen LogP contribution in [-0.2, 0) is 4.74 Å². The second-order valence-corrected chi connectivity index (χ2v) is 5.30. The Bertz CT molecular complexity index is 505. The Labute approximate surface area is 117 Å². The highest BCUT2D eigenvalue weighted by molar-refractivity contribution is 7.22. The average molecular weight is 280 g/mol. The predicted octanol–water partition coefficient (Wildman–Crippen LogP) is 3.53. The summed E-state index contributed by atoms with van der Waals surface area (Å²) < 4.78 is 11.9. The molecule has 0 unspecified atom stereocenters. The number of hydrogen-bond acceptors (Lipinski definition) is 5. The number of ether oxygens (including phenoxy) is 2. The third-order valence-electron chi connectivity index (χ3n) is 2.71. The highest BCUT2D eigenvalue weighted by atomic mass is 32.1. The first-order valence-electron chi connectivity index (χ1n) is 6.59. The van der Waals surface area contributed by atoms with Gasteiger partial charge in [0.05, 0.1) is 23.4 Å². The summed E-state index contributed by atoms with van der Waals surface area (Å²) in [7, 11) is 1.69. The highest BCUT2D eigenvalue weighted by Crippen LogP contribution is 2.29. The number of unbranched alkanes of at least 4 members (excludes halogenated alkanes) is 1.